The van der Waals surface area contributed by atoms with Crippen molar-refractivity contribution in [3.05, 3.63) is 71.6 Å². The van der Waals surface area contributed by atoms with Gasteiger partial charge in [0, 0.05) is 26.2 Å². The first-order valence-electron chi connectivity index (χ1n) is 10.0. The molecule has 2 amide bonds. The van der Waals surface area contributed by atoms with E-state index in [0.29, 0.717) is 24.6 Å². The van der Waals surface area contributed by atoms with Gasteiger partial charge in [0.15, 0.2) is 17.9 Å². The van der Waals surface area contributed by atoms with Crippen molar-refractivity contribution in [1.82, 2.24) is 25.4 Å². The predicted octanol–water partition coefficient (Wildman–Crippen LogP) is 2.38. The van der Waals surface area contributed by atoms with E-state index in [1.165, 1.54) is 41.8 Å². The predicted molar refractivity (Wildman–Crippen MR) is 109 cm³/mol. The van der Waals surface area contributed by atoms with E-state index in [4.69, 9.17) is 4.42 Å². The number of benzene rings is 1. The van der Waals surface area contributed by atoms with Gasteiger partial charge < -0.3 is 19.5 Å². The second-order valence-electron chi connectivity index (χ2n) is 7.26. The lowest BCUT2D eigenvalue weighted by atomic mass is 10.1. The molecule has 3 aromatic rings. The van der Waals surface area contributed by atoms with E-state index in [2.05, 4.69) is 20.5 Å². The van der Waals surface area contributed by atoms with Crippen LogP contribution in [0.1, 0.15) is 32.1 Å². The number of hydrogen-bond acceptors (Lipinski definition) is 7. The number of nitrogens with zero attached hydrogens (tertiary/aromatic N) is 5. The SMILES string of the molecule is O=C(NCc1cocn1)c1ccc(N2CCN(C(=O)c3ccccc3C(F)(F)F)CC2)nn1. The van der Waals surface area contributed by atoms with Crippen molar-refractivity contribution in [3.8, 4) is 0 Å². The Bertz CT molecular complexity index is 1110. The molecule has 1 aromatic carbocycles. The molecule has 0 radical (unpaired) electrons. The maximum Gasteiger partial charge on any atom is 0.417 e. The molecule has 1 aliphatic heterocycles. The molecule has 1 fully saturated rings. The van der Waals surface area contributed by atoms with E-state index in [1.807, 2.05) is 4.90 Å². The number of anilines is 1. The number of amides is 2. The van der Waals surface area contributed by atoms with Crippen LogP contribution in [-0.2, 0) is 12.7 Å². The quantitative estimate of drug-likeness (QED) is 0.623. The maximum atomic E-state index is 13.2. The average molecular weight is 460 g/mol. The minimum Gasteiger partial charge on any atom is -0.451 e. The van der Waals surface area contributed by atoms with Gasteiger partial charge in [-0.15, -0.1) is 10.2 Å². The topological polar surface area (TPSA) is 104 Å². The molecule has 12 heteroatoms. The number of halogens is 3. The van der Waals surface area contributed by atoms with Gasteiger partial charge in [-0.2, -0.15) is 13.2 Å². The smallest absolute Gasteiger partial charge is 0.417 e. The summed E-state index contributed by atoms with van der Waals surface area (Å²) in [5.74, 6) is -0.575. The van der Waals surface area contributed by atoms with E-state index >= 15 is 0 Å². The van der Waals surface area contributed by atoms with Gasteiger partial charge in [0.25, 0.3) is 11.8 Å². The normalized spacial score (nSPS) is 14.3. The fourth-order valence-electron chi connectivity index (χ4n) is 3.43. The zero-order valence-corrected chi connectivity index (χ0v) is 17.2. The fourth-order valence-corrected chi connectivity index (χ4v) is 3.43. The number of carbonyl (C=O) groups is 2. The third kappa shape index (κ3) is 5.10. The number of carbonyl (C=O) groups excluding carboxylic acids is 2. The molecular weight excluding hydrogens is 441 g/mol. The van der Waals surface area contributed by atoms with Crippen molar-refractivity contribution in [1.29, 1.82) is 0 Å². The summed E-state index contributed by atoms with van der Waals surface area (Å²) < 4.78 is 44.5. The number of hydrogen-bond donors (Lipinski definition) is 1. The lowest BCUT2D eigenvalue weighted by Crippen LogP contribution is -2.49. The lowest BCUT2D eigenvalue weighted by molar-refractivity contribution is -0.138. The Morgan fingerprint density at radius 3 is 2.42 bits per heavy atom. The largest absolute Gasteiger partial charge is 0.451 e. The molecule has 0 saturated carbocycles. The Morgan fingerprint density at radius 2 is 1.79 bits per heavy atom. The molecule has 0 aliphatic carbocycles. The zero-order chi connectivity index (χ0) is 23.4. The van der Waals surface area contributed by atoms with Gasteiger partial charge in [-0.05, 0) is 24.3 Å². The van der Waals surface area contributed by atoms with Gasteiger partial charge in [0.1, 0.15) is 6.26 Å². The molecule has 1 saturated heterocycles. The van der Waals surface area contributed by atoms with Crippen LogP contribution in [-0.4, -0.2) is 58.1 Å². The Morgan fingerprint density at radius 1 is 1.03 bits per heavy atom. The number of alkyl halides is 3. The van der Waals surface area contributed by atoms with Crippen LogP contribution in [0.3, 0.4) is 0 Å². The summed E-state index contributed by atoms with van der Waals surface area (Å²) in [6.07, 6.45) is -1.92. The minimum absolute atomic E-state index is 0.125. The van der Waals surface area contributed by atoms with E-state index in [9.17, 15) is 22.8 Å². The van der Waals surface area contributed by atoms with Crippen molar-refractivity contribution in [2.45, 2.75) is 12.7 Å². The van der Waals surface area contributed by atoms with Crippen molar-refractivity contribution in [3.63, 3.8) is 0 Å². The van der Waals surface area contributed by atoms with Crippen LogP contribution in [0.25, 0.3) is 0 Å². The highest BCUT2D eigenvalue weighted by molar-refractivity contribution is 5.96. The summed E-state index contributed by atoms with van der Waals surface area (Å²) in [4.78, 5) is 32.0. The van der Waals surface area contributed by atoms with Crippen LogP contribution in [0.15, 0.2) is 53.5 Å². The lowest BCUT2D eigenvalue weighted by Gasteiger charge is -2.35. The molecule has 2 aromatic heterocycles. The van der Waals surface area contributed by atoms with Crippen LogP contribution < -0.4 is 10.2 Å². The molecule has 0 spiro atoms. The molecule has 0 bridgehead atoms. The van der Waals surface area contributed by atoms with Crippen molar-refractivity contribution in [2.24, 2.45) is 0 Å². The van der Waals surface area contributed by atoms with E-state index in [1.54, 1.807) is 6.07 Å². The van der Waals surface area contributed by atoms with Gasteiger partial charge in [-0.3, -0.25) is 9.59 Å². The van der Waals surface area contributed by atoms with Gasteiger partial charge in [0.05, 0.1) is 23.4 Å². The van der Waals surface area contributed by atoms with Crippen molar-refractivity contribution < 1.29 is 27.2 Å². The minimum atomic E-state index is -4.60. The van der Waals surface area contributed by atoms with Gasteiger partial charge in [0.2, 0.25) is 0 Å². The highest BCUT2D eigenvalue weighted by Crippen LogP contribution is 2.32. The Kier molecular flexibility index (Phi) is 6.24. The zero-order valence-electron chi connectivity index (χ0n) is 17.2. The molecular formula is C21H19F3N6O3. The first-order chi connectivity index (χ1) is 15.8. The Balaban J connectivity index is 1.34. The standard InChI is InChI=1S/C21H19F3N6O3/c22-21(23,24)16-4-2-1-3-15(16)20(32)30-9-7-29(8-10-30)18-6-5-17(27-28-18)19(31)25-11-14-12-33-13-26-14/h1-6,12-13H,7-11H2,(H,25,31). The monoisotopic (exact) mass is 460 g/mol. The summed E-state index contributed by atoms with van der Waals surface area (Å²) in [5, 5.41) is 10.7. The second kappa shape index (κ2) is 9.27. The summed E-state index contributed by atoms with van der Waals surface area (Å²) in [6, 6.07) is 7.93. The summed E-state index contributed by atoms with van der Waals surface area (Å²) in [5.41, 5.74) is -0.613. The first-order valence-corrected chi connectivity index (χ1v) is 10.0. The Hall–Kier alpha value is -3.96. The fraction of sp³-hybridized carbons (Fsp3) is 0.286. The average Bonchev–Trinajstić information content (AvgIpc) is 3.35. The molecule has 3 heterocycles. The van der Waals surface area contributed by atoms with Crippen LogP contribution >= 0.6 is 0 Å². The molecule has 4 rings (SSSR count). The molecule has 0 atom stereocenters. The maximum absolute atomic E-state index is 13.2. The highest BCUT2D eigenvalue weighted by Gasteiger charge is 2.36. The number of oxazole rings is 1. The molecule has 172 valence electrons. The van der Waals surface area contributed by atoms with Crippen molar-refractivity contribution >= 4 is 17.6 Å². The second-order valence-corrected chi connectivity index (χ2v) is 7.26. The summed E-state index contributed by atoms with van der Waals surface area (Å²) in [6.45, 7) is 1.38. The van der Waals surface area contributed by atoms with E-state index < -0.39 is 23.6 Å². The highest BCUT2D eigenvalue weighted by atomic mass is 19.4. The Labute approximate surface area is 186 Å². The van der Waals surface area contributed by atoms with Crippen LogP contribution in [0.5, 0.6) is 0 Å². The molecule has 33 heavy (non-hydrogen) atoms. The van der Waals surface area contributed by atoms with Gasteiger partial charge in [-0.25, -0.2) is 4.98 Å². The third-order valence-electron chi connectivity index (χ3n) is 5.15. The third-order valence-corrected chi connectivity index (χ3v) is 5.15. The van der Waals surface area contributed by atoms with Crippen LogP contribution in [0, 0.1) is 0 Å². The number of nitrogens with one attached hydrogen (secondary N) is 1. The molecule has 1 N–H and O–H groups in total. The number of piperazine rings is 1. The number of aromatic nitrogens is 3. The summed E-state index contributed by atoms with van der Waals surface area (Å²) in [7, 11) is 0. The van der Waals surface area contributed by atoms with Crippen LogP contribution in [0.4, 0.5) is 19.0 Å². The van der Waals surface area contributed by atoms with Gasteiger partial charge >= 0.3 is 6.18 Å². The molecule has 1 aliphatic rings. The van der Waals surface area contributed by atoms with Crippen LogP contribution in [0.2, 0.25) is 0 Å². The number of rotatable bonds is 5. The van der Waals surface area contributed by atoms with Gasteiger partial charge in [-0.1, -0.05) is 12.1 Å². The molecule has 0 unspecified atom stereocenters. The van der Waals surface area contributed by atoms with Crippen molar-refractivity contribution in [2.75, 3.05) is 31.1 Å². The van der Waals surface area contributed by atoms with E-state index in [-0.39, 0.29) is 30.9 Å². The summed E-state index contributed by atoms with van der Waals surface area (Å²) >= 11 is 0. The first kappa shape index (κ1) is 22.2. The molecule has 9 nitrogen and oxygen atoms in total. The van der Waals surface area contributed by atoms with E-state index in [0.717, 1.165) is 6.07 Å².